The molecule has 6 heteroatoms. The number of hydrogen-bond donors (Lipinski definition) is 0. The van der Waals surface area contributed by atoms with E-state index in [1.54, 1.807) is 18.2 Å². The van der Waals surface area contributed by atoms with Gasteiger partial charge >= 0.3 is 5.69 Å². The summed E-state index contributed by atoms with van der Waals surface area (Å²) >= 11 is 15.6. The first kappa shape index (κ1) is 13.6. The lowest BCUT2D eigenvalue weighted by molar-refractivity contribution is 0.960. The Morgan fingerprint density at radius 1 is 1.10 bits per heavy atom. The maximum atomic E-state index is 12.2. The van der Waals surface area contributed by atoms with Gasteiger partial charge in [-0.1, -0.05) is 51.3 Å². The molecule has 1 heterocycles. The SMILES string of the molecule is O=c1nc(Cl)c2ccc(Br)cc2n1-c1ccccc1Cl. The lowest BCUT2D eigenvalue weighted by Gasteiger charge is -2.12. The van der Waals surface area contributed by atoms with Crippen LogP contribution in [-0.4, -0.2) is 9.55 Å². The highest BCUT2D eigenvalue weighted by Gasteiger charge is 2.12. The van der Waals surface area contributed by atoms with E-state index in [0.717, 1.165) is 4.47 Å². The third kappa shape index (κ3) is 2.24. The van der Waals surface area contributed by atoms with Crippen LogP contribution < -0.4 is 5.69 Å². The van der Waals surface area contributed by atoms with Crippen LogP contribution in [0.2, 0.25) is 10.2 Å². The van der Waals surface area contributed by atoms with Gasteiger partial charge in [0.25, 0.3) is 0 Å². The molecule has 0 saturated carbocycles. The third-order valence-electron chi connectivity index (χ3n) is 2.90. The Balaban J connectivity index is 2.50. The first-order valence-electron chi connectivity index (χ1n) is 5.70. The summed E-state index contributed by atoms with van der Waals surface area (Å²) in [5.74, 6) is 0. The molecule has 0 bridgehead atoms. The molecule has 0 unspecified atom stereocenters. The van der Waals surface area contributed by atoms with Gasteiger partial charge in [-0.15, -0.1) is 0 Å². The van der Waals surface area contributed by atoms with Gasteiger partial charge in [0.15, 0.2) is 0 Å². The molecule has 3 nitrogen and oxygen atoms in total. The first-order chi connectivity index (χ1) is 9.58. The Labute approximate surface area is 132 Å². The van der Waals surface area contributed by atoms with Crippen molar-refractivity contribution in [3.63, 3.8) is 0 Å². The van der Waals surface area contributed by atoms with Crippen molar-refractivity contribution in [2.75, 3.05) is 0 Å². The topological polar surface area (TPSA) is 34.9 Å². The number of para-hydroxylation sites is 1. The van der Waals surface area contributed by atoms with E-state index in [1.165, 1.54) is 4.57 Å². The highest BCUT2D eigenvalue weighted by Crippen LogP contribution is 2.27. The van der Waals surface area contributed by atoms with Gasteiger partial charge in [0.1, 0.15) is 5.15 Å². The number of benzene rings is 2. The van der Waals surface area contributed by atoms with Crippen LogP contribution in [-0.2, 0) is 0 Å². The summed E-state index contributed by atoms with van der Waals surface area (Å²) in [5.41, 5.74) is 0.762. The van der Waals surface area contributed by atoms with E-state index in [4.69, 9.17) is 23.2 Å². The second kappa shape index (κ2) is 5.20. The van der Waals surface area contributed by atoms with Crippen molar-refractivity contribution in [2.45, 2.75) is 0 Å². The van der Waals surface area contributed by atoms with Gasteiger partial charge in [0.05, 0.1) is 16.2 Å². The van der Waals surface area contributed by atoms with E-state index >= 15 is 0 Å². The molecule has 0 aliphatic heterocycles. The van der Waals surface area contributed by atoms with Crippen molar-refractivity contribution >= 4 is 50.0 Å². The molecule has 3 rings (SSSR count). The van der Waals surface area contributed by atoms with Gasteiger partial charge in [-0.3, -0.25) is 4.57 Å². The lowest BCUT2D eigenvalue weighted by Crippen LogP contribution is -2.22. The van der Waals surface area contributed by atoms with Gasteiger partial charge in [-0.25, -0.2) is 4.79 Å². The van der Waals surface area contributed by atoms with Crippen molar-refractivity contribution in [1.29, 1.82) is 0 Å². The highest BCUT2D eigenvalue weighted by atomic mass is 79.9. The summed E-state index contributed by atoms with van der Waals surface area (Å²) in [6.07, 6.45) is 0. The average Bonchev–Trinajstić information content (AvgIpc) is 2.40. The Kier molecular flexibility index (Phi) is 3.54. The molecule has 0 fully saturated rings. The molecule has 0 aliphatic carbocycles. The average molecular weight is 370 g/mol. The third-order valence-corrected chi connectivity index (χ3v) is 4.00. The molecule has 0 spiro atoms. The van der Waals surface area contributed by atoms with E-state index in [1.807, 2.05) is 24.3 Å². The van der Waals surface area contributed by atoms with E-state index < -0.39 is 5.69 Å². The van der Waals surface area contributed by atoms with Gasteiger partial charge in [-0.2, -0.15) is 4.98 Å². The van der Waals surface area contributed by atoms with Crippen molar-refractivity contribution in [3.05, 3.63) is 67.6 Å². The van der Waals surface area contributed by atoms with Crippen LogP contribution >= 0.6 is 39.1 Å². The van der Waals surface area contributed by atoms with Crippen LogP contribution in [0, 0.1) is 0 Å². The molecule has 3 aromatic rings. The summed E-state index contributed by atoms with van der Waals surface area (Å²) in [7, 11) is 0. The highest BCUT2D eigenvalue weighted by molar-refractivity contribution is 9.10. The fraction of sp³-hybridized carbons (Fsp3) is 0. The molecule has 0 N–H and O–H groups in total. The summed E-state index contributed by atoms with van der Waals surface area (Å²) < 4.78 is 2.29. The molecule has 20 heavy (non-hydrogen) atoms. The minimum absolute atomic E-state index is 0.181. The van der Waals surface area contributed by atoms with E-state index in [-0.39, 0.29) is 5.15 Å². The van der Waals surface area contributed by atoms with Crippen molar-refractivity contribution in [1.82, 2.24) is 9.55 Å². The second-order valence-electron chi connectivity index (χ2n) is 4.13. The fourth-order valence-corrected chi connectivity index (χ4v) is 2.83. The lowest BCUT2D eigenvalue weighted by atomic mass is 10.2. The fourth-order valence-electron chi connectivity index (χ4n) is 2.03. The Morgan fingerprint density at radius 3 is 2.60 bits per heavy atom. The number of rotatable bonds is 1. The molecule has 1 aromatic heterocycles. The molecule has 0 saturated heterocycles. The zero-order valence-corrected chi connectivity index (χ0v) is 13.1. The number of fused-ring (bicyclic) bond motifs is 1. The number of aromatic nitrogens is 2. The maximum absolute atomic E-state index is 12.2. The monoisotopic (exact) mass is 368 g/mol. The van der Waals surface area contributed by atoms with Gasteiger partial charge in [-0.05, 0) is 30.3 Å². The first-order valence-corrected chi connectivity index (χ1v) is 7.25. The van der Waals surface area contributed by atoms with Crippen LogP contribution in [0.3, 0.4) is 0 Å². The Bertz CT molecular complexity index is 877. The van der Waals surface area contributed by atoms with Crippen LogP contribution in [0.4, 0.5) is 0 Å². The van der Waals surface area contributed by atoms with Gasteiger partial charge in [0, 0.05) is 9.86 Å². The standard InChI is InChI=1S/C14H7BrCl2N2O/c15-8-5-6-9-12(7-8)19(14(20)18-13(9)17)11-4-2-1-3-10(11)16/h1-7H. The zero-order chi connectivity index (χ0) is 14.3. The zero-order valence-electron chi connectivity index (χ0n) is 9.98. The number of nitrogens with zero attached hydrogens (tertiary/aromatic N) is 2. The van der Waals surface area contributed by atoms with Crippen molar-refractivity contribution in [2.24, 2.45) is 0 Å². The minimum Gasteiger partial charge on any atom is -0.259 e. The van der Waals surface area contributed by atoms with Crippen LogP contribution in [0.1, 0.15) is 0 Å². The Morgan fingerprint density at radius 2 is 1.85 bits per heavy atom. The summed E-state index contributed by atoms with van der Waals surface area (Å²) in [6, 6.07) is 12.6. The van der Waals surface area contributed by atoms with Gasteiger partial charge in [0.2, 0.25) is 0 Å². The molecular weight excluding hydrogens is 363 g/mol. The predicted molar refractivity (Wildman–Crippen MR) is 85.1 cm³/mol. The Hall–Kier alpha value is -1.36. The molecule has 100 valence electrons. The molecule has 0 radical (unpaired) electrons. The normalized spacial score (nSPS) is 10.9. The maximum Gasteiger partial charge on any atom is 0.354 e. The summed E-state index contributed by atoms with van der Waals surface area (Å²) in [6.45, 7) is 0. The van der Waals surface area contributed by atoms with Crippen molar-refractivity contribution < 1.29 is 0 Å². The molecule has 0 atom stereocenters. The molecule has 2 aromatic carbocycles. The molecule has 0 amide bonds. The summed E-state index contributed by atoms with van der Waals surface area (Å²) in [5, 5.41) is 1.34. The molecule has 0 aliphatic rings. The minimum atomic E-state index is -0.464. The number of hydrogen-bond acceptors (Lipinski definition) is 2. The van der Waals surface area contributed by atoms with Crippen LogP contribution in [0.5, 0.6) is 0 Å². The largest absolute Gasteiger partial charge is 0.354 e. The van der Waals surface area contributed by atoms with Crippen LogP contribution in [0.25, 0.3) is 16.6 Å². The van der Waals surface area contributed by atoms with Gasteiger partial charge < -0.3 is 0 Å². The van der Waals surface area contributed by atoms with Crippen molar-refractivity contribution in [3.8, 4) is 5.69 Å². The summed E-state index contributed by atoms with van der Waals surface area (Å²) in [4.78, 5) is 16.1. The predicted octanol–water partition coefficient (Wildman–Crippen LogP) is 4.46. The quantitative estimate of drug-likeness (QED) is 0.593. The number of halogens is 3. The smallest absolute Gasteiger partial charge is 0.259 e. The van der Waals surface area contributed by atoms with E-state index in [9.17, 15) is 4.79 Å². The molecular formula is C14H7BrCl2N2O. The second-order valence-corrected chi connectivity index (χ2v) is 5.81. The van der Waals surface area contributed by atoms with E-state index in [0.29, 0.717) is 21.6 Å². The van der Waals surface area contributed by atoms with E-state index in [2.05, 4.69) is 20.9 Å². The van der Waals surface area contributed by atoms with Crippen LogP contribution in [0.15, 0.2) is 51.7 Å².